The van der Waals surface area contributed by atoms with Gasteiger partial charge < -0.3 is 5.11 Å². The molecule has 0 aliphatic carbocycles. The van der Waals surface area contributed by atoms with E-state index in [2.05, 4.69) is 4.72 Å². The Morgan fingerprint density at radius 1 is 1.43 bits per heavy atom. The van der Waals surface area contributed by atoms with Crippen molar-refractivity contribution in [2.75, 3.05) is 5.75 Å². The van der Waals surface area contributed by atoms with Crippen molar-refractivity contribution in [3.63, 3.8) is 0 Å². The summed E-state index contributed by atoms with van der Waals surface area (Å²) in [6, 6.07) is -1.04. The van der Waals surface area contributed by atoms with E-state index < -0.39 is 22.0 Å². The maximum atomic E-state index is 11.3. The lowest BCUT2D eigenvalue weighted by Gasteiger charge is -2.17. The minimum absolute atomic E-state index is 0.0382. The number of carboxylic acids is 1. The van der Waals surface area contributed by atoms with Crippen molar-refractivity contribution in [2.45, 2.75) is 33.2 Å². The number of carboxylic acid groups (broad SMARTS) is 1. The molecule has 0 aromatic carbocycles. The van der Waals surface area contributed by atoms with E-state index >= 15 is 0 Å². The summed E-state index contributed by atoms with van der Waals surface area (Å²) >= 11 is 0. The normalized spacial score (nSPS) is 14.3. The average molecular weight is 223 g/mol. The Morgan fingerprint density at radius 2 is 1.93 bits per heavy atom. The van der Waals surface area contributed by atoms with E-state index in [1.807, 2.05) is 0 Å². The fourth-order valence-corrected chi connectivity index (χ4v) is 2.41. The molecular weight excluding hydrogens is 206 g/mol. The van der Waals surface area contributed by atoms with Gasteiger partial charge in [0.15, 0.2) is 0 Å². The maximum Gasteiger partial charge on any atom is 0.321 e. The van der Waals surface area contributed by atoms with Crippen molar-refractivity contribution in [1.29, 1.82) is 0 Å². The first-order chi connectivity index (χ1) is 6.30. The smallest absolute Gasteiger partial charge is 0.321 e. The summed E-state index contributed by atoms with van der Waals surface area (Å²) < 4.78 is 24.7. The van der Waals surface area contributed by atoms with Crippen molar-refractivity contribution in [2.24, 2.45) is 5.92 Å². The molecule has 0 unspecified atom stereocenters. The van der Waals surface area contributed by atoms with Crippen LogP contribution < -0.4 is 4.72 Å². The molecule has 0 amide bonds. The zero-order valence-electron chi connectivity index (χ0n) is 8.65. The molecular formula is C8H17NO4S. The van der Waals surface area contributed by atoms with E-state index in [4.69, 9.17) is 5.11 Å². The largest absolute Gasteiger partial charge is 0.480 e. The van der Waals surface area contributed by atoms with Gasteiger partial charge in [0, 0.05) is 0 Å². The fourth-order valence-electron chi connectivity index (χ4n) is 0.993. The fraction of sp³-hybridized carbons (Fsp3) is 0.875. The van der Waals surface area contributed by atoms with Crippen LogP contribution in [0.15, 0.2) is 0 Å². The lowest BCUT2D eigenvalue weighted by molar-refractivity contribution is -0.140. The van der Waals surface area contributed by atoms with Crippen molar-refractivity contribution < 1.29 is 18.3 Å². The summed E-state index contributed by atoms with van der Waals surface area (Å²) in [6.07, 6.45) is 0.472. The predicted octanol–water partition coefficient (Wildman–Crippen LogP) is 0.425. The van der Waals surface area contributed by atoms with Crippen LogP contribution in [0.3, 0.4) is 0 Å². The summed E-state index contributed by atoms with van der Waals surface area (Å²) in [4.78, 5) is 10.7. The highest BCUT2D eigenvalue weighted by molar-refractivity contribution is 7.89. The number of hydrogen-bond donors (Lipinski definition) is 2. The molecule has 0 bridgehead atoms. The molecule has 0 aromatic rings. The SMILES string of the molecule is CCCS(=O)(=O)N[C@H](C(=O)O)C(C)C. The number of hydrogen-bond acceptors (Lipinski definition) is 3. The lowest BCUT2D eigenvalue weighted by atomic mass is 10.1. The highest BCUT2D eigenvalue weighted by Gasteiger charge is 2.26. The van der Waals surface area contributed by atoms with Gasteiger partial charge in [-0.1, -0.05) is 20.8 Å². The Labute approximate surface area is 84.6 Å². The van der Waals surface area contributed by atoms with E-state index in [-0.39, 0.29) is 11.7 Å². The summed E-state index contributed by atoms with van der Waals surface area (Å²) in [6.45, 7) is 5.05. The monoisotopic (exact) mass is 223 g/mol. The van der Waals surface area contributed by atoms with Gasteiger partial charge in [-0.3, -0.25) is 4.79 Å². The van der Waals surface area contributed by atoms with Crippen LogP contribution >= 0.6 is 0 Å². The maximum absolute atomic E-state index is 11.3. The Balaban J connectivity index is 4.53. The van der Waals surface area contributed by atoms with Crippen molar-refractivity contribution >= 4 is 16.0 Å². The second kappa shape index (κ2) is 5.31. The van der Waals surface area contributed by atoms with E-state index in [1.165, 1.54) is 0 Å². The molecule has 0 saturated carbocycles. The minimum atomic E-state index is -3.45. The summed E-state index contributed by atoms with van der Waals surface area (Å²) in [5, 5.41) is 8.75. The van der Waals surface area contributed by atoms with Crippen LogP contribution in [0.1, 0.15) is 27.2 Å². The number of carbonyl (C=O) groups is 1. The van der Waals surface area contributed by atoms with Crippen molar-refractivity contribution in [3.8, 4) is 0 Å². The molecule has 0 aliphatic rings. The topological polar surface area (TPSA) is 83.5 Å². The lowest BCUT2D eigenvalue weighted by Crippen LogP contribution is -2.45. The molecule has 14 heavy (non-hydrogen) atoms. The van der Waals surface area contributed by atoms with Crippen molar-refractivity contribution in [3.05, 3.63) is 0 Å². The second-order valence-corrected chi connectivity index (χ2v) is 5.37. The molecule has 0 saturated heterocycles. The van der Waals surface area contributed by atoms with Gasteiger partial charge in [-0.25, -0.2) is 13.1 Å². The summed E-state index contributed by atoms with van der Waals surface area (Å²) in [5.74, 6) is -1.44. The van der Waals surface area contributed by atoms with E-state index in [1.54, 1.807) is 20.8 Å². The van der Waals surface area contributed by atoms with Crippen LogP contribution in [-0.2, 0) is 14.8 Å². The van der Waals surface area contributed by atoms with Crippen LogP contribution in [0, 0.1) is 5.92 Å². The molecule has 0 aromatic heterocycles. The standard InChI is InChI=1S/C8H17NO4S/c1-4-5-14(12,13)9-7(6(2)3)8(10)11/h6-7,9H,4-5H2,1-3H3,(H,10,11)/t7-/m0/s1. The van der Waals surface area contributed by atoms with E-state index in [0.29, 0.717) is 6.42 Å². The van der Waals surface area contributed by atoms with Gasteiger partial charge >= 0.3 is 5.97 Å². The van der Waals surface area contributed by atoms with Gasteiger partial charge in [0.05, 0.1) is 5.75 Å². The third-order valence-electron chi connectivity index (χ3n) is 1.71. The van der Waals surface area contributed by atoms with Crippen LogP contribution in [0.5, 0.6) is 0 Å². The zero-order chi connectivity index (χ0) is 11.4. The molecule has 0 rings (SSSR count). The van der Waals surface area contributed by atoms with Crippen LogP contribution in [0.4, 0.5) is 0 Å². The van der Waals surface area contributed by atoms with Crippen LogP contribution in [0.25, 0.3) is 0 Å². The third-order valence-corrected chi connectivity index (χ3v) is 3.27. The molecule has 0 heterocycles. The average Bonchev–Trinajstić information content (AvgIpc) is 1.99. The Hall–Kier alpha value is -0.620. The van der Waals surface area contributed by atoms with Gasteiger partial charge in [0.1, 0.15) is 6.04 Å². The Bertz CT molecular complexity index is 284. The van der Waals surface area contributed by atoms with Crippen LogP contribution in [0.2, 0.25) is 0 Å². The molecule has 0 aliphatic heterocycles. The predicted molar refractivity (Wildman–Crippen MR) is 53.5 cm³/mol. The summed E-state index contributed by atoms with van der Waals surface area (Å²) in [7, 11) is -3.45. The molecule has 0 radical (unpaired) electrons. The highest BCUT2D eigenvalue weighted by Crippen LogP contribution is 2.04. The van der Waals surface area contributed by atoms with Gasteiger partial charge in [-0.05, 0) is 12.3 Å². The van der Waals surface area contributed by atoms with Gasteiger partial charge in [0.25, 0.3) is 0 Å². The highest BCUT2D eigenvalue weighted by atomic mass is 32.2. The first kappa shape index (κ1) is 13.4. The number of sulfonamides is 1. The zero-order valence-corrected chi connectivity index (χ0v) is 9.47. The number of aliphatic carboxylic acids is 1. The Kier molecular flexibility index (Phi) is 5.07. The molecule has 6 heteroatoms. The third kappa shape index (κ3) is 4.57. The molecule has 5 nitrogen and oxygen atoms in total. The quantitative estimate of drug-likeness (QED) is 0.683. The minimum Gasteiger partial charge on any atom is -0.480 e. The molecule has 0 spiro atoms. The summed E-state index contributed by atoms with van der Waals surface area (Å²) in [5.41, 5.74) is 0. The molecule has 2 N–H and O–H groups in total. The van der Waals surface area contributed by atoms with Gasteiger partial charge in [0.2, 0.25) is 10.0 Å². The van der Waals surface area contributed by atoms with E-state index in [9.17, 15) is 13.2 Å². The number of nitrogens with one attached hydrogen (secondary N) is 1. The first-order valence-corrected chi connectivity index (χ1v) is 6.18. The van der Waals surface area contributed by atoms with Crippen LogP contribution in [-0.4, -0.2) is 31.3 Å². The second-order valence-electron chi connectivity index (χ2n) is 3.50. The molecule has 84 valence electrons. The number of rotatable bonds is 6. The first-order valence-electron chi connectivity index (χ1n) is 4.53. The molecule has 1 atom stereocenters. The van der Waals surface area contributed by atoms with E-state index in [0.717, 1.165) is 0 Å². The Morgan fingerprint density at radius 3 is 2.21 bits per heavy atom. The van der Waals surface area contributed by atoms with Gasteiger partial charge in [-0.2, -0.15) is 0 Å². The molecule has 0 fully saturated rings. The van der Waals surface area contributed by atoms with Gasteiger partial charge in [-0.15, -0.1) is 0 Å². The van der Waals surface area contributed by atoms with Crippen molar-refractivity contribution in [1.82, 2.24) is 4.72 Å².